The van der Waals surface area contributed by atoms with Gasteiger partial charge in [0, 0.05) is 0 Å². The standard InChI is InChI=1S/C13H26S/c1-12(2,3)9-7-11(14)8-10-13(4,5)6/h7-10H2,1-6H3. The van der Waals surface area contributed by atoms with Gasteiger partial charge in [-0.25, -0.2) is 0 Å². The third-order valence-corrected chi connectivity index (χ3v) is 2.72. The van der Waals surface area contributed by atoms with Crippen LogP contribution in [0, 0.1) is 10.8 Å². The van der Waals surface area contributed by atoms with Gasteiger partial charge < -0.3 is 0 Å². The molecule has 0 nitrogen and oxygen atoms in total. The maximum absolute atomic E-state index is 5.39. The second-order valence-electron chi connectivity index (χ2n) is 6.66. The number of thiocarbonyl (C=S) groups is 1. The van der Waals surface area contributed by atoms with E-state index in [1.807, 2.05) is 0 Å². The van der Waals surface area contributed by atoms with Gasteiger partial charge in [0.25, 0.3) is 0 Å². The zero-order valence-electron chi connectivity index (χ0n) is 10.7. The Kier molecular flexibility index (Phi) is 5.28. The van der Waals surface area contributed by atoms with Gasteiger partial charge in [-0.3, -0.25) is 0 Å². The zero-order valence-corrected chi connectivity index (χ0v) is 11.6. The summed E-state index contributed by atoms with van der Waals surface area (Å²) in [6.45, 7) is 13.7. The first kappa shape index (κ1) is 14.1. The summed E-state index contributed by atoms with van der Waals surface area (Å²) in [5.41, 5.74) is 0.845. The summed E-state index contributed by atoms with van der Waals surface area (Å²) in [6.07, 6.45) is 4.68. The van der Waals surface area contributed by atoms with Crippen molar-refractivity contribution in [2.45, 2.75) is 67.2 Å². The normalized spacial score (nSPS) is 13.0. The molecule has 0 amide bonds. The third kappa shape index (κ3) is 10.2. The van der Waals surface area contributed by atoms with Crippen LogP contribution in [0.15, 0.2) is 0 Å². The molecule has 0 aromatic heterocycles. The van der Waals surface area contributed by atoms with E-state index in [4.69, 9.17) is 12.2 Å². The molecule has 0 N–H and O–H groups in total. The van der Waals surface area contributed by atoms with Crippen LogP contribution in [0.4, 0.5) is 0 Å². The predicted molar refractivity (Wildman–Crippen MR) is 70.0 cm³/mol. The van der Waals surface area contributed by atoms with Crippen molar-refractivity contribution in [1.82, 2.24) is 0 Å². The van der Waals surface area contributed by atoms with E-state index in [9.17, 15) is 0 Å². The molecule has 0 bridgehead atoms. The Bertz CT molecular complexity index is 158. The first-order valence-electron chi connectivity index (χ1n) is 5.62. The minimum atomic E-state index is 0.422. The van der Waals surface area contributed by atoms with Crippen LogP contribution in [0.5, 0.6) is 0 Å². The Labute approximate surface area is 95.5 Å². The van der Waals surface area contributed by atoms with E-state index in [0.717, 1.165) is 12.8 Å². The molecule has 0 aromatic carbocycles. The summed E-state index contributed by atoms with van der Waals surface area (Å²) in [7, 11) is 0. The fourth-order valence-corrected chi connectivity index (χ4v) is 1.36. The molecule has 0 spiro atoms. The molecular weight excluding hydrogens is 188 g/mol. The molecule has 0 fully saturated rings. The molecule has 0 saturated carbocycles. The Hall–Kier alpha value is 0.0900. The van der Waals surface area contributed by atoms with Crippen LogP contribution in [0.25, 0.3) is 0 Å². The van der Waals surface area contributed by atoms with Gasteiger partial charge in [-0.1, -0.05) is 53.8 Å². The lowest BCUT2D eigenvalue weighted by Gasteiger charge is -2.20. The number of hydrogen-bond acceptors (Lipinski definition) is 1. The highest BCUT2D eigenvalue weighted by Crippen LogP contribution is 2.25. The lowest BCUT2D eigenvalue weighted by molar-refractivity contribution is 0.375. The first-order valence-corrected chi connectivity index (χ1v) is 6.03. The highest BCUT2D eigenvalue weighted by atomic mass is 32.1. The van der Waals surface area contributed by atoms with Crippen LogP contribution in [-0.4, -0.2) is 4.86 Å². The number of hydrogen-bond donors (Lipinski definition) is 0. The monoisotopic (exact) mass is 214 g/mol. The van der Waals surface area contributed by atoms with Gasteiger partial charge in [0.2, 0.25) is 0 Å². The van der Waals surface area contributed by atoms with Gasteiger partial charge in [-0.2, -0.15) is 0 Å². The van der Waals surface area contributed by atoms with Gasteiger partial charge in [0.15, 0.2) is 0 Å². The Morgan fingerprint density at radius 3 is 1.29 bits per heavy atom. The molecule has 0 unspecified atom stereocenters. The summed E-state index contributed by atoms with van der Waals surface area (Å²) in [5, 5.41) is 0. The Morgan fingerprint density at radius 2 is 1.07 bits per heavy atom. The van der Waals surface area contributed by atoms with Gasteiger partial charge in [0.1, 0.15) is 0 Å². The van der Waals surface area contributed by atoms with Crippen LogP contribution < -0.4 is 0 Å². The summed E-state index contributed by atoms with van der Waals surface area (Å²) in [6, 6.07) is 0. The Morgan fingerprint density at radius 1 is 0.786 bits per heavy atom. The molecule has 0 aliphatic carbocycles. The van der Waals surface area contributed by atoms with E-state index in [2.05, 4.69) is 41.5 Å². The van der Waals surface area contributed by atoms with Crippen LogP contribution in [0.3, 0.4) is 0 Å². The second kappa shape index (κ2) is 5.25. The van der Waals surface area contributed by atoms with Crippen molar-refractivity contribution in [1.29, 1.82) is 0 Å². The van der Waals surface area contributed by atoms with Crippen molar-refractivity contribution in [3.63, 3.8) is 0 Å². The van der Waals surface area contributed by atoms with Crippen molar-refractivity contribution < 1.29 is 0 Å². The molecule has 0 saturated heterocycles. The second-order valence-corrected chi connectivity index (χ2v) is 7.24. The van der Waals surface area contributed by atoms with E-state index in [1.54, 1.807) is 0 Å². The fraction of sp³-hybridized carbons (Fsp3) is 0.923. The van der Waals surface area contributed by atoms with E-state index in [1.165, 1.54) is 17.7 Å². The van der Waals surface area contributed by atoms with Crippen molar-refractivity contribution in [2.24, 2.45) is 10.8 Å². The minimum absolute atomic E-state index is 0.422. The summed E-state index contributed by atoms with van der Waals surface area (Å²) >= 11 is 5.39. The van der Waals surface area contributed by atoms with E-state index in [-0.39, 0.29) is 0 Å². The minimum Gasteiger partial charge on any atom is -0.0897 e. The molecule has 0 heterocycles. The molecule has 0 atom stereocenters. The van der Waals surface area contributed by atoms with Crippen LogP contribution in [0.2, 0.25) is 0 Å². The molecule has 84 valence electrons. The predicted octanol–water partition coefficient (Wildman–Crippen LogP) is 5.01. The lowest BCUT2D eigenvalue weighted by Crippen LogP contribution is -2.11. The van der Waals surface area contributed by atoms with E-state index in [0.29, 0.717) is 10.8 Å². The van der Waals surface area contributed by atoms with Crippen LogP contribution in [-0.2, 0) is 0 Å². The molecule has 1 heteroatoms. The van der Waals surface area contributed by atoms with Crippen molar-refractivity contribution in [3.8, 4) is 0 Å². The largest absolute Gasteiger partial charge is 0.0897 e. The van der Waals surface area contributed by atoms with Crippen molar-refractivity contribution >= 4 is 17.1 Å². The molecule has 0 aliphatic heterocycles. The SMILES string of the molecule is CC(C)(C)CCC(=S)CCC(C)(C)C. The summed E-state index contributed by atoms with van der Waals surface area (Å²) < 4.78 is 0. The lowest BCUT2D eigenvalue weighted by atomic mass is 9.86. The quantitative estimate of drug-likeness (QED) is 0.593. The van der Waals surface area contributed by atoms with Crippen molar-refractivity contribution in [3.05, 3.63) is 0 Å². The first-order chi connectivity index (χ1) is 6.10. The van der Waals surface area contributed by atoms with Gasteiger partial charge >= 0.3 is 0 Å². The average molecular weight is 214 g/mol. The zero-order chi connectivity index (χ0) is 11.4. The third-order valence-electron chi connectivity index (χ3n) is 2.31. The summed E-state index contributed by atoms with van der Waals surface area (Å²) in [4.78, 5) is 1.26. The average Bonchev–Trinajstić information content (AvgIpc) is 1.94. The van der Waals surface area contributed by atoms with Crippen molar-refractivity contribution in [2.75, 3.05) is 0 Å². The molecule has 0 rings (SSSR count). The fourth-order valence-electron chi connectivity index (χ4n) is 1.15. The maximum atomic E-state index is 5.39. The highest BCUT2D eigenvalue weighted by molar-refractivity contribution is 7.80. The van der Waals surface area contributed by atoms with Gasteiger partial charge in [-0.05, 0) is 41.4 Å². The van der Waals surface area contributed by atoms with Gasteiger partial charge in [0.05, 0.1) is 0 Å². The van der Waals surface area contributed by atoms with Gasteiger partial charge in [-0.15, -0.1) is 0 Å². The molecule has 0 aromatic rings. The van der Waals surface area contributed by atoms with E-state index >= 15 is 0 Å². The maximum Gasteiger partial charge on any atom is -0.00711 e. The molecule has 14 heavy (non-hydrogen) atoms. The van der Waals surface area contributed by atoms with E-state index < -0.39 is 0 Å². The molecular formula is C13H26S. The van der Waals surface area contributed by atoms with Crippen LogP contribution in [0.1, 0.15) is 67.2 Å². The number of rotatable bonds is 4. The van der Waals surface area contributed by atoms with Crippen LogP contribution >= 0.6 is 12.2 Å². The topological polar surface area (TPSA) is 0 Å². The molecule has 0 radical (unpaired) electrons. The highest BCUT2D eigenvalue weighted by Gasteiger charge is 2.14. The Balaban J connectivity index is 3.68. The smallest absolute Gasteiger partial charge is 0.00711 e. The summed E-state index contributed by atoms with van der Waals surface area (Å²) in [5.74, 6) is 0. The molecule has 0 aliphatic rings.